The van der Waals surface area contributed by atoms with Crippen molar-refractivity contribution in [2.75, 3.05) is 26.2 Å². The van der Waals surface area contributed by atoms with Crippen LogP contribution < -0.4 is 0 Å². The number of piperazine rings is 1. The van der Waals surface area contributed by atoms with E-state index in [1.165, 1.54) is 10.5 Å². The minimum atomic E-state index is -3.71. The van der Waals surface area contributed by atoms with Crippen LogP contribution >= 0.6 is 0 Å². The fourth-order valence-electron chi connectivity index (χ4n) is 5.07. The number of fused-ring (bicyclic) bond motifs is 2. The fraction of sp³-hybridized carbons (Fsp3) is 0.185. The Kier molecular flexibility index (Phi) is 5.67. The summed E-state index contributed by atoms with van der Waals surface area (Å²) in [6.07, 6.45) is 4.91. The number of nitrogens with zero attached hydrogens (tertiary/aromatic N) is 3. The second-order valence-electron chi connectivity index (χ2n) is 8.92. The number of ketones is 1. The van der Waals surface area contributed by atoms with Gasteiger partial charge in [-0.1, -0.05) is 48.5 Å². The molecule has 1 saturated heterocycles. The Balaban J connectivity index is 1.29. The summed E-state index contributed by atoms with van der Waals surface area (Å²) in [5, 5.41) is 1.47. The van der Waals surface area contributed by atoms with Gasteiger partial charge < -0.3 is 9.97 Å². The zero-order chi connectivity index (χ0) is 24.7. The molecular weight excluding hydrogens is 474 g/mol. The number of pyridine rings is 1. The van der Waals surface area contributed by atoms with Crippen molar-refractivity contribution >= 4 is 37.7 Å². The van der Waals surface area contributed by atoms with Crippen molar-refractivity contribution in [3.63, 3.8) is 0 Å². The lowest BCUT2D eigenvalue weighted by molar-refractivity contribution is 0.0755. The molecule has 6 rings (SSSR count). The fourth-order valence-corrected chi connectivity index (χ4v) is 6.64. The topological polar surface area (TPSA) is 102 Å². The first-order chi connectivity index (χ1) is 17.5. The van der Waals surface area contributed by atoms with Crippen molar-refractivity contribution < 1.29 is 13.2 Å². The molecule has 0 bridgehead atoms. The molecule has 0 aliphatic carbocycles. The Morgan fingerprint density at radius 1 is 0.833 bits per heavy atom. The van der Waals surface area contributed by atoms with Gasteiger partial charge in [-0.3, -0.25) is 9.69 Å². The van der Waals surface area contributed by atoms with Crippen molar-refractivity contribution in [3.8, 4) is 0 Å². The molecule has 1 fully saturated rings. The van der Waals surface area contributed by atoms with Crippen LogP contribution in [0.25, 0.3) is 21.9 Å². The van der Waals surface area contributed by atoms with Gasteiger partial charge in [-0.25, -0.2) is 13.4 Å². The molecule has 2 aromatic carbocycles. The van der Waals surface area contributed by atoms with Crippen LogP contribution in [0.15, 0.2) is 90.2 Å². The molecule has 36 heavy (non-hydrogen) atoms. The molecule has 1 unspecified atom stereocenters. The second-order valence-corrected chi connectivity index (χ2v) is 10.8. The number of para-hydroxylation sites is 1. The van der Waals surface area contributed by atoms with Gasteiger partial charge in [-0.15, -0.1) is 0 Å². The molecule has 9 heteroatoms. The number of hydrogen-bond donors (Lipinski definition) is 2. The molecule has 4 heterocycles. The predicted molar refractivity (Wildman–Crippen MR) is 138 cm³/mol. The summed E-state index contributed by atoms with van der Waals surface area (Å²) in [6, 6.07) is 20.4. The summed E-state index contributed by atoms with van der Waals surface area (Å²) in [7, 11) is -3.71. The molecular formula is C27H25N5O3S. The van der Waals surface area contributed by atoms with Crippen LogP contribution in [-0.4, -0.2) is 64.5 Å². The van der Waals surface area contributed by atoms with Gasteiger partial charge in [0.2, 0.25) is 10.0 Å². The number of rotatable bonds is 6. The van der Waals surface area contributed by atoms with E-state index in [9.17, 15) is 13.2 Å². The average Bonchev–Trinajstić information content (AvgIpc) is 3.55. The molecule has 2 N–H and O–H groups in total. The van der Waals surface area contributed by atoms with E-state index in [1.54, 1.807) is 24.5 Å². The van der Waals surface area contributed by atoms with Gasteiger partial charge in [-0.05, 0) is 23.8 Å². The first kappa shape index (κ1) is 22.7. The zero-order valence-electron chi connectivity index (χ0n) is 19.5. The first-order valence-electron chi connectivity index (χ1n) is 11.9. The van der Waals surface area contributed by atoms with E-state index in [-0.39, 0.29) is 10.7 Å². The third-order valence-electron chi connectivity index (χ3n) is 6.89. The van der Waals surface area contributed by atoms with Gasteiger partial charge in [0, 0.05) is 66.6 Å². The van der Waals surface area contributed by atoms with Gasteiger partial charge in [0.15, 0.2) is 5.78 Å². The number of carbonyl (C=O) groups is 1. The molecule has 1 aliphatic heterocycles. The smallest absolute Gasteiger partial charge is 0.245 e. The van der Waals surface area contributed by atoms with Gasteiger partial charge in [-0.2, -0.15) is 4.31 Å². The van der Waals surface area contributed by atoms with Crippen LogP contribution in [0.5, 0.6) is 0 Å². The van der Waals surface area contributed by atoms with E-state index in [0.29, 0.717) is 42.8 Å². The Morgan fingerprint density at radius 2 is 1.56 bits per heavy atom. The molecule has 0 saturated carbocycles. The quantitative estimate of drug-likeness (QED) is 0.344. The summed E-state index contributed by atoms with van der Waals surface area (Å²) in [4.78, 5) is 26.6. The number of nitrogens with one attached hydrogen (secondary N) is 2. The van der Waals surface area contributed by atoms with Crippen LogP contribution in [-0.2, 0) is 10.0 Å². The summed E-state index contributed by atoms with van der Waals surface area (Å²) in [5.74, 6) is -0.00217. The lowest BCUT2D eigenvalue weighted by Crippen LogP contribution is -2.50. The maximum absolute atomic E-state index is 13.9. The minimum absolute atomic E-state index is 0.00217. The van der Waals surface area contributed by atoms with E-state index in [1.807, 2.05) is 54.6 Å². The molecule has 3 aromatic heterocycles. The molecule has 5 aromatic rings. The van der Waals surface area contributed by atoms with Crippen molar-refractivity contribution in [1.82, 2.24) is 24.2 Å². The number of sulfonamides is 1. The summed E-state index contributed by atoms with van der Waals surface area (Å²) in [6.45, 7) is 1.46. The molecule has 1 aliphatic rings. The SMILES string of the molecule is O=C(c1c[nH]c2ccccc12)C(c1ccccc1)N1CCN(S(=O)(=O)c2c[nH]c3ncccc23)CC1. The number of carbonyl (C=O) groups excluding carboxylic acids is 1. The monoisotopic (exact) mass is 499 g/mol. The summed E-state index contributed by atoms with van der Waals surface area (Å²) < 4.78 is 28.4. The van der Waals surface area contributed by atoms with Crippen LogP contribution in [0.1, 0.15) is 22.0 Å². The Hall–Kier alpha value is -3.79. The average molecular weight is 500 g/mol. The summed E-state index contributed by atoms with van der Waals surface area (Å²) >= 11 is 0. The predicted octanol–water partition coefficient (Wildman–Crippen LogP) is 3.97. The van der Waals surface area contributed by atoms with E-state index in [0.717, 1.165) is 16.5 Å². The highest BCUT2D eigenvalue weighted by Gasteiger charge is 2.36. The number of H-pyrrole nitrogens is 2. The normalized spacial score (nSPS) is 16.4. The summed E-state index contributed by atoms with van der Waals surface area (Å²) in [5.41, 5.74) is 2.99. The molecule has 0 spiro atoms. The third-order valence-corrected chi connectivity index (χ3v) is 8.83. The zero-order valence-corrected chi connectivity index (χ0v) is 20.3. The molecule has 182 valence electrons. The molecule has 1 atom stereocenters. The van der Waals surface area contributed by atoms with Crippen molar-refractivity contribution in [2.45, 2.75) is 10.9 Å². The maximum atomic E-state index is 13.9. The largest absolute Gasteiger partial charge is 0.360 e. The van der Waals surface area contributed by atoms with E-state index in [2.05, 4.69) is 19.9 Å². The number of benzene rings is 2. The lowest BCUT2D eigenvalue weighted by Gasteiger charge is -2.38. The minimum Gasteiger partial charge on any atom is -0.360 e. The van der Waals surface area contributed by atoms with Gasteiger partial charge in [0.25, 0.3) is 0 Å². The van der Waals surface area contributed by atoms with Crippen molar-refractivity contribution in [2.24, 2.45) is 0 Å². The Labute approximate surface area is 208 Å². The second kappa shape index (κ2) is 9.02. The Morgan fingerprint density at radius 3 is 2.36 bits per heavy atom. The van der Waals surface area contributed by atoms with Gasteiger partial charge >= 0.3 is 0 Å². The maximum Gasteiger partial charge on any atom is 0.245 e. The van der Waals surface area contributed by atoms with Crippen molar-refractivity contribution in [1.29, 1.82) is 0 Å². The number of hydrogen-bond acceptors (Lipinski definition) is 5. The van der Waals surface area contributed by atoms with E-state index < -0.39 is 16.1 Å². The molecule has 8 nitrogen and oxygen atoms in total. The third kappa shape index (κ3) is 3.81. The standard InChI is InChI=1S/C27H25N5O3S/c33-26(22-17-29-23-11-5-4-9-20(22)23)25(19-7-2-1-3-8-19)31-13-15-32(16-14-31)36(34,35)24-18-30-27-21(24)10-6-12-28-27/h1-12,17-18,25,29H,13-16H2,(H,28,30). The number of Topliss-reactive ketones (excluding diaryl/α,β-unsaturated/α-hetero) is 1. The van der Waals surface area contributed by atoms with Crippen molar-refractivity contribution in [3.05, 3.63) is 96.4 Å². The van der Waals surface area contributed by atoms with Gasteiger partial charge in [0.05, 0.1) is 6.04 Å². The molecule has 0 amide bonds. The van der Waals surface area contributed by atoms with E-state index >= 15 is 0 Å². The number of aromatic nitrogens is 3. The Bertz CT molecular complexity index is 1650. The van der Waals surface area contributed by atoms with Crippen LogP contribution in [0.2, 0.25) is 0 Å². The highest BCUT2D eigenvalue weighted by atomic mass is 32.2. The highest BCUT2D eigenvalue weighted by Crippen LogP contribution is 2.31. The van der Waals surface area contributed by atoms with Crippen LogP contribution in [0, 0.1) is 0 Å². The highest BCUT2D eigenvalue weighted by molar-refractivity contribution is 7.89. The van der Waals surface area contributed by atoms with Gasteiger partial charge in [0.1, 0.15) is 10.5 Å². The van der Waals surface area contributed by atoms with E-state index in [4.69, 9.17) is 0 Å². The van der Waals surface area contributed by atoms with Crippen LogP contribution in [0.4, 0.5) is 0 Å². The number of aromatic amines is 2. The molecule has 0 radical (unpaired) electrons. The lowest BCUT2D eigenvalue weighted by atomic mass is 9.95. The van der Waals surface area contributed by atoms with Crippen LogP contribution in [0.3, 0.4) is 0 Å². The first-order valence-corrected chi connectivity index (χ1v) is 13.3.